The van der Waals surface area contributed by atoms with Crippen LogP contribution in [0.3, 0.4) is 0 Å². The van der Waals surface area contributed by atoms with Crippen LogP contribution in [-0.4, -0.2) is 5.11 Å². The summed E-state index contributed by atoms with van der Waals surface area (Å²) in [5.41, 5.74) is 4.81. The van der Waals surface area contributed by atoms with Gasteiger partial charge in [-0.25, -0.2) is 0 Å². The third kappa shape index (κ3) is 2.53. The molecule has 1 aliphatic carbocycles. The molecular formula is C16H16BrNO. The molecule has 0 heterocycles. The number of benzene rings is 2. The average molecular weight is 318 g/mol. The molecule has 0 spiro atoms. The second-order valence-electron chi connectivity index (χ2n) is 4.90. The van der Waals surface area contributed by atoms with Crippen LogP contribution in [0.25, 0.3) is 0 Å². The molecular weight excluding hydrogens is 302 g/mol. The first-order valence-corrected chi connectivity index (χ1v) is 7.31. The maximum Gasteiger partial charge on any atom is 0.0682 e. The maximum atomic E-state index is 9.18. The van der Waals surface area contributed by atoms with Crippen LogP contribution in [0.15, 0.2) is 46.9 Å². The summed E-state index contributed by atoms with van der Waals surface area (Å²) in [6, 6.07) is 14.7. The summed E-state index contributed by atoms with van der Waals surface area (Å²) in [5.74, 6) is 0. The van der Waals surface area contributed by atoms with Crippen LogP contribution in [0.4, 0.5) is 5.69 Å². The predicted octanol–water partition coefficient (Wildman–Crippen LogP) is 4.04. The van der Waals surface area contributed by atoms with Crippen LogP contribution in [0, 0.1) is 0 Å². The fourth-order valence-electron chi connectivity index (χ4n) is 2.72. The van der Waals surface area contributed by atoms with Crippen LogP contribution in [0.2, 0.25) is 0 Å². The predicted molar refractivity (Wildman–Crippen MR) is 81.2 cm³/mol. The average Bonchev–Trinajstić information content (AvgIpc) is 2.84. The molecule has 19 heavy (non-hydrogen) atoms. The van der Waals surface area contributed by atoms with Crippen LogP contribution in [0.5, 0.6) is 0 Å². The SMILES string of the molecule is OCc1cccc(NC2CCc3c(Br)cccc32)c1. The van der Waals surface area contributed by atoms with Crippen LogP contribution in [0.1, 0.15) is 29.2 Å². The van der Waals surface area contributed by atoms with Gasteiger partial charge in [-0.3, -0.25) is 0 Å². The van der Waals surface area contributed by atoms with E-state index in [1.54, 1.807) is 0 Å². The molecule has 2 aromatic rings. The first-order chi connectivity index (χ1) is 9.28. The van der Waals surface area contributed by atoms with E-state index in [1.165, 1.54) is 15.6 Å². The minimum absolute atomic E-state index is 0.0856. The van der Waals surface area contributed by atoms with Gasteiger partial charge in [0.05, 0.1) is 12.6 Å². The maximum absolute atomic E-state index is 9.18. The smallest absolute Gasteiger partial charge is 0.0682 e. The number of hydrogen-bond donors (Lipinski definition) is 2. The second kappa shape index (κ2) is 5.35. The van der Waals surface area contributed by atoms with Crippen molar-refractivity contribution in [2.45, 2.75) is 25.5 Å². The number of halogens is 1. The molecule has 1 aliphatic rings. The molecule has 0 aliphatic heterocycles. The van der Waals surface area contributed by atoms with Gasteiger partial charge >= 0.3 is 0 Å². The molecule has 3 heteroatoms. The summed E-state index contributed by atoms with van der Waals surface area (Å²) in [5, 5.41) is 12.8. The van der Waals surface area contributed by atoms with Gasteiger partial charge in [0.2, 0.25) is 0 Å². The third-order valence-electron chi connectivity index (χ3n) is 3.66. The fraction of sp³-hybridized carbons (Fsp3) is 0.250. The molecule has 98 valence electrons. The highest BCUT2D eigenvalue weighted by Gasteiger charge is 2.23. The molecule has 0 fully saturated rings. The number of hydrogen-bond acceptors (Lipinski definition) is 2. The van der Waals surface area contributed by atoms with Crippen LogP contribution in [-0.2, 0) is 13.0 Å². The summed E-state index contributed by atoms with van der Waals surface area (Å²) in [6.07, 6.45) is 2.22. The molecule has 3 rings (SSSR count). The van der Waals surface area contributed by atoms with Crippen molar-refractivity contribution in [3.8, 4) is 0 Å². The Hall–Kier alpha value is -1.32. The van der Waals surface area contributed by atoms with E-state index >= 15 is 0 Å². The third-order valence-corrected chi connectivity index (χ3v) is 4.41. The van der Waals surface area contributed by atoms with Gasteiger partial charge in [-0.1, -0.05) is 40.2 Å². The van der Waals surface area contributed by atoms with Gasteiger partial charge in [-0.05, 0) is 47.7 Å². The zero-order valence-electron chi connectivity index (χ0n) is 10.6. The normalized spacial score (nSPS) is 17.3. The molecule has 0 aromatic heterocycles. The number of nitrogens with one attached hydrogen (secondary N) is 1. The van der Waals surface area contributed by atoms with E-state index in [0.29, 0.717) is 6.04 Å². The lowest BCUT2D eigenvalue weighted by Crippen LogP contribution is -2.07. The number of aliphatic hydroxyl groups is 1. The minimum Gasteiger partial charge on any atom is -0.392 e. The fourth-order valence-corrected chi connectivity index (χ4v) is 3.30. The summed E-state index contributed by atoms with van der Waals surface area (Å²) >= 11 is 3.62. The van der Waals surface area contributed by atoms with Crippen molar-refractivity contribution in [2.24, 2.45) is 0 Å². The van der Waals surface area contributed by atoms with Crippen molar-refractivity contribution in [3.63, 3.8) is 0 Å². The molecule has 2 N–H and O–H groups in total. The van der Waals surface area contributed by atoms with Gasteiger partial charge in [-0.2, -0.15) is 0 Å². The van der Waals surface area contributed by atoms with Gasteiger partial charge < -0.3 is 10.4 Å². The number of fused-ring (bicyclic) bond motifs is 1. The summed E-state index contributed by atoms with van der Waals surface area (Å²) in [7, 11) is 0. The highest BCUT2D eigenvalue weighted by atomic mass is 79.9. The Labute approximate surface area is 121 Å². The van der Waals surface area contributed by atoms with E-state index < -0.39 is 0 Å². The highest BCUT2D eigenvalue weighted by Crippen LogP contribution is 2.37. The lowest BCUT2D eigenvalue weighted by Gasteiger charge is -2.16. The van der Waals surface area contributed by atoms with E-state index in [0.717, 1.165) is 24.1 Å². The van der Waals surface area contributed by atoms with Gasteiger partial charge in [0, 0.05) is 10.2 Å². The first-order valence-electron chi connectivity index (χ1n) is 6.51. The molecule has 1 atom stereocenters. The van der Waals surface area contributed by atoms with Crippen molar-refractivity contribution >= 4 is 21.6 Å². The Balaban J connectivity index is 1.84. The van der Waals surface area contributed by atoms with Gasteiger partial charge in [0.15, 0.2) is 0 Å². The number of aliphatic hydroxyl groups excluding tert-OH is 1. The molecule has 0 saturated carbocycles. The topological polar surface area (TPSA) is 32.3 Å². The first kappa shape index (κ1) is 12.7. The molecule has 2 aromatic carbocycles. The van der Waals surface area contributed by atoms with Crippen molar-refractivity contribution < 1.29 is 5.11 Å². The van der Waals surface area contributed by atoms with Crippen molar-refractivity contribution in [2.75, 3.05) is 5.32 Å². The molecule has 1 unspecified atom stereocenters. The Morgan fingerprint density at radius 3 is 2.89 bits per heavy atom. The van der Waals surface area contributed by atoms with Crippen molar-refractivity contribution in [3.05, 3.63) is 63.6 Å². The van der Waals surface area contributed by atoms with Crippen LogP contribution < -0.4 is 5.32 Å². The highest BCUT2D eigenvalue weighted by molar-refractivity contribution is 9.10. The van der Waals surface area contributed by atoms with E-state index in [1.807, 2.05) is 18.2 Å². The molecule has 2 nitrogen and oxygen atoms in total. The Kier molecular flexibility index (Phi) is 3.58. The second-order valence-corrected chi connectivity index (χ2v) is 5.76. The van der Waals surface area contributed by atoms with Gasteiger partial charge in [0.25, 0.3) is 0 Å². The largest absolute Gasteiger partial charge is 0.392 e. The Morgan fingerprint density at radius 1 is 1.21 bits per heavy atom. The molecule has 0 amide bonds. The van der Waals surface area contributed by atoms with Gasteiger partial charge in [-0.15, -0.1) is 0 Å². The summed E-state index contributed by atoms with van der Waals surface area (Å²) in [4.78, 5) is 0. The van der Waals surface area contributed by atoms with E-state index in [4.69, 9.17) is 0 Å². The monoisotopic (exact) mass is 317 g/mol. The minimum atomic E-state index is 0.0856. The number of rotatable bonds is 3. The zero-order valence-corrected chi connectivity index (χ0v) is 12.2. The summed E-state index contributed by atoms with van der Waals surface area (Å²) in [6.45, 7) is 0.0856. The number of anilines is 1. The van der Waals surface area contributed by atoms with E-state index in [-0.39, 0.29) is 6.61 Å². The summed E-state index contributed by atoms with van der Waals surface area (Å²) < 4.78 is 1.21. The quantitative estimate of drug-likeness (QED) is 0.895. The standard InChI is InChI=1S/C16H16BrNO/c17-15-6-2-5-14-13(15)7-8-16(14)18-12-4-1-3-11(9-12)10-19/h1-6,9,16,18-19H,7-8,10H2. The molecule has 0 radical (unpaired) electrons. The molecule has 0 saturated heterocycles. The van der Waals surface area contributed by atoms with Crippen molar-refractivity contribution in [1.29, 1.82) is 0 Å². The zero-order chi connectivity index (χ0) is 13.2. The van der Waals surface area contributed by atoms with Crippen molar-refractivity contribution in [1.82, 2.24) is 0 Å². The van der Waals surface area contributed by atoms with E-state index in [9.17, 15) is 5.11 Å². The Bertz CT molecular complexity index is 597. The van der Waals surface area contributed by atoms with Gasteiger partial charge in [0.1, 0.15) is 0 Å². The van der Waals surface area contributed by atoms with Crippen LogP contribution >= 0.6 is 15.9 Å². The lowest BCUT2D eigenvalue weighted by molar-refractivity contribution is 0.282. The van der Waals surface area contributed by atoms with E-state index in [2.05, 4.69) is 45.5 Å². The molecule has 0 bridgehead atoms. The Morgan fingerprint density at radius 2 is 2.05 bits per heavy atom. The lowest BCUT2D eigenvalue weighted by atomic mass is 10.1.